The first kappa shape index (κ1) is 21.2. The normalized spacial score (nSPS) is 15.9. The first-order valence-corrected chi connectivity index (χ1v) is 10.0. The molecule has 170 valence electrons. The van der Waals surface area contributed by atoms with Gasteiger partial charge in [0.2, 0.25) is 0 Å². The van der Waals surface area contributed by atoms with Gasteiger partial charge in [-0.15, -0.1) is 0 Å². The summed E-state index contributed by atoms with van der Waals surface area (Å²) in [4.78, 5) is 29.6. The van der Waals surface area contributed by atoms with Crippen LogP contribution in [0.3, 0.4) is 0 Å². The fraction of sp³-hybridized carbons (Fsp3) is 0.217. The van der Waals surface area contributed by atoms with Gasteiger partial charge in [0.15, 0.2) is 11.6 Å². The molecule has 1 N–H and O–H groups in total. The molecule has 3 aromatic heterocycles. The van der Waals surface area contributed by atoms with Crippen molar-refractivity contribution in [2.75, 3.05) is 13.7 Å². The van der Waals surface area contributed by atoms with E-state index in [0.29, 0.717) is 16.8 Å². The second kappa shape index (κ2) is 7.73. The Morgan fingerprint density at radius 3 is 2.64 bits per heavy atom. The van der Waals surface area contributed by atoms with Crippen LogP contribution < -0.4 is 5.56 Å². The number of amides is 1. The number of nitrogens with one attached hydrogen (secondary N) is 1. The molecule has 1 aromatic carbocycles. The summed E-state index contributed by atoms with van der Waals surface area (Å²) in [6.07, 6.45) is -1.39. The Hall–Kier alpha value is -3.66. The van der Waals surface area contributed by atoms with Crippen LogP contribution in [0, 0.1) is 11.6 Å². The molecule has 0 aliphatic carbocycles. The monoisotopic (exact) mass is 459 g/mol. The molecule has 4 heterocycles. The Labute approximate surface area is 184 Å². The van der Waals surface area contributed by atoms with Gasteiger partial charge in [-0.1, -0.05) is 6.07 Å². The van der Waals surface area contributed by atoms with Crippen LogP contribution >= 0.6 is 0 Å². The Morgan fingerprint density at radius 1 is 1.18 bits per heavy atom. The topological polar surface area (TPSA) is 66.8 Å². The first-order valence-electron chi connectivity index (χ1n) is 10.0. The van der Waals surface area contributed by atoms with Crippen LogP contribution in [0.25, 0.3) is 16.3 Å². The van der Waals surface area contributed by atoms with Crippen molar-refractivity contribution in [3.8, 4) is 0 Å². The Kier molecular flexibility index (Phi) is 4.97. The van der Waals surface area contributed by atoms with Crippen molar-refractivity contribution in [1.29, 1.82) is 0 Å². The van der Waals surface area contributed by atoms with Crippen molar-refractivity contribution in [2.45, 2.75) is 19.1 Å². The highest BCUT2D eigenvalue weighted by atomic mass is 19.3. The number of carbonyl (C=O) groups excluding carboxylic acids is 1. The fourth-order valence-electron chi connectivity index (χ4n) is 4.35. The zero-order valence-corrected chi connectivity index (χ0v) is 17.2. The first-order chi connectivity index (χ1) is 15.8. The molecule has 0 saturated heterocycles. The molecule has 10 heteroatoms. The van der Waals surface area contributed by atoms with Crippen LogP contribution in [0.4, 0.5) is 17.6 Å². The number of ether oxygens (including phenoxy) is 1. The van der Waals surface area contributed by atoms with Gasteiger partial charge in [-0.05, 0) is 35.7 Å². The van der Waals surface area contributed by atoms with Crippen LogP contribution in [0.1, 0.15) is 39.8 Å². The van der Waals surface area contributed by atoms with Crippen molar-refractivity contribution < 1.29 is 27.1 Å². The predicted molar refractivity (Wildman–Crippen MR) is 111 cm³/mol. The Balaban J connectivity index is 1.60. The second-order valence-corrected chi connectivity index (χ2v) is 7.88. The van der Waals surface area contributed by atoms with E-state index in [2.05, 4.69) is 4.98 Å². The molecule has 0 saturated carbocycles. The predicted octanol–water partition coefficient (Wildman–Crippen LogP) is 4.34. The number of fused-ring (bicyclic) bond motifs is 4. The number of nitrogens with zero attached hydrogens (tertiary/aromatic N) is 2. The smallest absolute Gasteiger partial charge is 0.278 e. The maximum Gasteiger partial charge on any atom is 0.278 e. The zero-order chi connectivity index (χ0) is 23.4. The molecule has 0 fully saturated rings. The quantitative estimate of drug-likeness (QED) is 0.464. The van der Waals surface area contributed by atoms with Crippen LogP contribution in [0.5, 0.6) is 0 Å². The molecule has 4 aromatic rings. The third-order valence-corrected chi connectivity index (χ3v) is 5.96. The number of hydrogen-bond donors (Lipinski definition) is 1. The van der Waals surface area contributed by atoms with Gasteiger partial charge in [0.05, 0.1) is 35.9 Å². The van der Waals surface area contributed by atoms with Crippen LogP contribution in [-0.4, -0.2) is 33.8 Å². The van der Waals surface area contributed by atoms with Gasteiger partial charge in [-0.2, -0.15) is 0 Å². The number of likely N-dealkylation sites (N-methyl/N-ethyl adjacent to an activating group) is 1. The van der Waals surface area contributed by atoms with E-state index in [0.717, 1.165) is 12.1 Å². The minimum absolute atomic E-state index is 0.0336. The SMILES string of the molecule is CN(C(=O)c1cc2cccc(C(F)F)n2c1)[C@@H]1COCc2[nH]c(=O)c3cc(F)c(F)cc3c21. The molecule has 1 atom stereocenters. The van der Waals surface area contributed by atoms with E-state index in [4.69, 9.17) is 4.74 Å². The summed E-state index contributed by atoms with van der Waals surface area (Å²) in [6, 6.07) is 6.89. The van der Waals surface area contributed by atoms with E-state index < -0.39 is 35.6 Å². The third kappa shape index (κ3) is 3.37. The standard InChI is InChI=1S/C23H17F4N3O3/c1-29(23(32)11-5-12-3-2-4-18(21(26)27)30(12)8-11)19-10-33-9-17-20(19)13-6-15(24)16(25)7-14(13)22(31)28-17/h2-8,19,21H,9-10H2,1H3,(H,28,31)/t19-/m1/s1. The van der Waals surface area contributed by atoms with E-state index in [9.17, 15) is 27.2 Å². The molecule has 0 spiro atoms. The number of H-pyrrole nitrogens is 1. The number of benzene rings is 1. The van der Waals surface area contributed by atoms with E-state index >= 15 is 0 Å². The summed E-state index contributed by atoms with van der Waals surface area (Å²) in [5.74, 6) is -2.76. The fourth-order valence-corrected chi connectivity index (χ4v) is 4.35. The van der Waals surface area contributed by atoms with Crippen molar-refractivity contribution in [3.05, 3.63) is 87.1 Å². The molecule has 1 aliphatic heterocycles. The van der Waals surface area contributed by atoms with Crippen LogP contribution in [0.15, 0.2) is 47.4 Å². The van der Waals surface area contributed by atoms with Crippen LogP contribution in [0.2, 0.25) is 0 Å². The van der Waals surface area contributed by atoms with Gasteiger partial charge in [0.1, 0.15) is 0 Å². The van der Waals surface area contributed by atoms with Crippen molar-refractivity contribution >= 4 is 22.2 Å². The highest BCUT2D eigenvalue weighted by Gasteiger charge is 2.32. The average Bonchev–Trinajstić information content (AvgIpc) is 3.23. The Morgan fingerprint density at radius 2 is 1.91 bits per heavy atom. The van der Waals surface area contributed by atoms with Gasteiger partial charge in [-0.3, -0.25) is 9.59 Å². The summed E-state index contributed by atoms with van der Waals surface area (Å²) >= 11 is 0. The second-order valence-electron chi connectivity index (χ2n) is 7.88. The third-order valence-electron chi connectivity index (χ3n) is 5.96. The number of hydrogen-bond acceptors (Lipinski definition) is 3. The number of aromatic amines is 1. The maximum atomic E-state index is 14.1. The molecule has 0 unspecified atom stereocenters. The summed E-state index contributed by atoms with van der Waals surface area (Å²) in [7, 11) is 1.50. The lowest BCUT2D eigenvalue weighted by Crippen LogP contribution is -2.37. The maximum absolute atomic E-state index is 14.1. The summed E-state index contributed by atoms with van der Waals surface area (Å²) < 4.78 is 61.3. The molecule has 1 aliphatic rings. The Bertz CT molecular complexity index is 1480. The number of aromatic nitrogens is 2. The number of carbonyl (C=O) groups is 1. The van der Waals surface area contributed by atoms with Gasteiger partial charge in [0.25, 0.3) is 17.9 Å². The lowest BCUT2D eigenvalue weighted by molar-refractivity contribution is 0.0335. The van der Waals surface area contributed by atoms with Crippen molar-refractivity contribution in [1.82, 2.24) is 14.3 Å². The molecule has 33 heavy (non-hydrogen) atoms. The molecular weight excluding hydrogens is 442 g/mol. The number of halogens is 4. The minimum atomic E-state index is -2.72. The van der Waals surface area contributed by atoms with Gasteiger partial charge in [-0.25, -0.2) is 17.6 Å². The average molecular weight is 459 g/mol. The summed E-state index contributed by atoms with van der Waals surface area (Å²) in [5.41, 5.74) is 0.556. The zero-order valence-electron chi connectivity index (χ0n) is 17.2. The van der Waals surface area contributed by atoms with E-state index in [-0.39, 0.29) is 35.2 Å². The number of rotatable bonds is 3. The lowest BCUT2D eigenvalue weighted by atomic mass is 9.95. The summed E-state index contributed by atoms with van der Waals surface area (Å²) in [6.45, 7) is 0.0803. The highest BCUT2D eigenvalue weighted by molar-refractivity contribution is 5.96. The number of alkyl halides is 2. The lowest BCUT2D eigenvalue weighted by Gasteiger charge is -2.33. The highest BCUT2D eigenvalue weighted by Crippen LogP contribution is 2.34. The molecule has 0 radical (unpaired) electrons. The largest absolute Gasteiger partial charge is 0.373 e. The molecular formula is C23H17F4N3O3. The van der Waals surface area contributed by atoms with Gasteiger partial charge < -0.3 is 19.0 Å². The van der Waals surface area contributed by atoms with E-state index in [1.54, 1.807) is 6.07 Å². The minimum Gasteiger partial charge on any atom is -0.373 e. The molecule has 5 rings (SSSR count). The molecule has 6 nitrogen and oxygen atoms in total. The van der Waals surface area contributed by atoms with E-state index in [1.165, 1.54) is 40.7 Å². The molecule has 0 bridgehead atoms. The number of pyridine rings is 2. The van der Waals surface area contributed by atoms with Gasteiger partial charge >= 0.3 is 0 Å². The van der Waals surface area contributed by atoms with Crippen molar-refractivity contribution in [3.63, 3.8) is 0 Å². The van der Waals surface area contributed by atoms with Crippen molar-refractivity contribution in [2.24, 2.45) is 0 Å². The summed E-state index contributed by atoms with van der Waals surface area (Å²) in [5, 5.41) is 0.138. The van der Waals surface area contributed by atoms with E-state index in [1.807, 2.05) is 0 Å². The molecule has 1 amide bonds. The van der Waals surface area contributed by atoms with Gasteiger partial charge in [0, 0.05) is 30.0 Å². The van der Waals surface area contributed by atoms with Crippen LogP contribution in [-0.2, 0) is 11.3 Å².